The van der Waals surface area contributed by atoms with Gasteiger partial charge in [-0.05, 0) is 30.2 Å². The summed E-state index contributed by atoms with van der Waals surface area (Å²) in [4.78, 5) is 11.9. The topological polar surface area (TPSA) is 49.3 Å². The molecule has 2 rings (SSSR count). The Balaban J connectivity index is 2.06. The van der Waals surface area contributed by atoms with Crippen LogP contribution in [0.1, 0.15) is 21.5 Å². The maximum absolute atomic E-state index is 11.9. The third kappa shape index (κ3) is 2.69. The van der Waals surface area contributed by atoms with Crippen molar-refractivity contribution in [2.24, 2.45) is 0 Å². The smallest absolute Gasteiger partial charge is 0.255 e. The molecule has 2 aromatic carbocycles. The molecule has 2 aromatic rings. The summed E-state index contributed by atoms with van der Waals surface area (Å²) in [6.45, 7) is 2.46. The summed E-state index contributed by atoms with van der Waals surface area (Å²) in [5, 5.41) is 12.4. The molecule has 3 nitrogen and oxygen atoms in total. The zero-order valence-corrected chi connectivity index (χ0v) is 10.2. The number of rotatable bonds is 3. The van der Waals surface area contributed by atoms with Crippen LogP contribution in [0.15, 0.2) is 48.5 Å². The van der Waals surface area contributed by atoms with Crippen LogP contribution in [0.4, 0.5) is 0 Å². The van der Waals surface area contributed by atoms with Gasteiger partial charge in [-0.2, -0.15) is 0 Å². The van der Waals surface area contributed by atoms with E-state index < -0.39 is 0 Å². The van der Waals surface area contributed by atoms with Crippen LogP contribution in [0.2, 0.25) is 0 Å². The van der Waals surface area contributed by atoms with E-state index in [1.807, 2.05) is 31.2 Å². The van der Waals surface area contributed by atoms with Crippen molar-refractivity contribution < 1.29 is 9.90 Å². The van der Waals surface area contributed by atoms with Crippen molar-refractivity contribution in [1.29, 1.82) is 0 Å². The van der Waals surface area contributed by atoms with E-state index in [2.05, 4.69) is 5.32 Å². The zero-order chi connectivity index (χ0) is 13.0. The van der Waals surface area contributed by atoms with E-state index in [-0.39, 0.29) is 11.7 Å². The molecule has 0 aliphatic rings. The molecule has 0 fully saturated rings. The summed E-state index contributed by atoms with van der Waals surface area (Å²) in [5.74, 6) is -0.267. The predicted molar refractivity (Wildman–Crippen MR) is 70.5 cm³/mol. The summed E-state index contributed by atoms with van der Waals surface area (Å²) in [6, 6.07) is 14.4. The average Bonchev–Trinajstić information content (AvgIpc) is 2.38. The number of para-hydroxylation sites is 1. The van der Waals surface area contributed by atoms with Gasteiger partial charge < -0.3 is 10.4 Å². The summed E-state index contributed by atoms with van der Waals surface area (Å²) < 4.78 is 0. The highest BCUT2D eigenvalue weighted by Crippen LogP contribution is 2.15. The van der Waals surface area contributed by atoms with Crippen molar-refractivity contribution in [3.05, 3.63) is 65.2 Å². The second-order valence-electron chi connectivity index (χ2n) is 4.13. The molecule has 1 amide bonds. The van der Waals surface area contributed by atoms with Crippen molar-refractivity contribution in [3.8, 4) is 5.75 Å². The minimum absolute atomic E-state index is 0.000200. The number of phenolic OH excluding ortho intramolecular Hbond substituents is 1. The Bertz CT molecular complexity index is 564. The normalized spacial score (nSPS) is 10.1. The number of hydrogen-bond donors (Lipinski definition) is 2. The molecular weight excluding hydrogens is 226 g/mol. The molecule has 0 saturated carbocycles. The van der Waals surface area contributed by atoms with E-state index in [4.69, 9.17) is 0 Å². The molecule has 0 heterocycles. The van der Waals surface area contributed by atoms with E-state index in [9.17, 15) is 9.90 Å². The van der Waals surface area contributed by atoms with Crippen LogP contribution in [0.5, 0.6) is 5.75 Å². The van der Waals surface area contributed by atoms with Crippen LogP contribution in [0.25, 0.3) is 0 Å². The third-order valence-electron chi connectivity index (χ3n) is 2.85. The Hall–Kier alpha value is -2.29. The first-order valence-electron chi connectivity index (χ1n) is 5.79. The number of phenols is 1. The van der Waals surface area contributed by atoms with Crippen molar-refractivity contribution in [2.75, 3.05) is 0 Å². The average molecular weight is 241 g/mol. The third-order valence-corrected chi connectivity index (χ3v) is 2.85. The van der Waals surface area contributed by atoms with Crippen molar-refractivity contribution in [1.82, 2.24) is 5.32 Å². The van der Waals surface area contributed by atoms with Crippen LogP contribution in [0.3, 0.4) is 0 Å². The summed E-state index contributed by atoms with van der Waals surface area (Å²) in [7, 11) is 0. The summed E-state index contributed by atoms with van der Waals surface area (Å²) >= 11 is 0. The fourth-order valence-electron chi connectivity index (χ4n) is 1.74. The molecule has 3 heteroatoms. The van der Waals surface area contributed by atoms with Gasteiger partial charge in [0.15, 0.2) is 0 Å². The van der Waals surface area contributed by atoms with Crippen molar-refractivity contribution in [3.63, 3.8) is 0 Å². The second-order valence-corrected chi connectivity index (χ2v) is 4.13. The molecule has 0 saturated heterocycles. The van der Waals surface area contributed by atoms with Gasteiger partial charge >= 0.3 is 0 Å². The SMILES string of the molecule is Cc1ccccc1CNC(=O)c1ccccc1O. The van der Waals surface area contributed by atoms with Crippen molar-refractivity contribution in [2.45, 2.75) is 13.5 Å². The standard InChI is InChI=1S/C15H15NO2/c1-11-6-2-3-7-12(11)10-16-15(18)13-8-4-5-9-14(13)17/h2-9,17H,10H2,1H3,(H,16,18). The van der Waals surface area contributed by atoms with Gasteiger partial charge in [-0.25, -0.2) is 0 Å². The van der Waals surface area contributed by atoms with E-state index in [1.165, 1.54) is 6.07 Å². The Morgan fingerprint density at radius 3 is 2.50 bits per heavy atom. The number of carbonyl (C=O) groups excluding carboxylic acids is 1. The first-order chi connectivity index (χ1) is 8.68. The highest BCUT2D eigenvalue weighted by Gasteiger charge is 2.09. The molecule has 0 spiro atoms. The number of nitrogens with one attached hydrogen (secondary N) is 1. The highest BCUT2D eigenvalue weighted by atomic mass is 16.3. The molecule has 2 N–H and O–H groups in total. The number of hydrogen-bond acceptors (Lipinski definition) is 2. The largest absolute Gasteiger partial charge is 0.507 e. The molecule has 18 heavy (non-hydrogen) atoms. The van der Waals surface area contributed by atoms with E-state index in [0.717, 1.165) is 11.1 Å². The Kier molecular flexibility index (Phi) is 3.63. The maximum atomic E-state index is 11.9. The van der Waals surface area contributed by atoms with E-state index >= 15 is 0 Å². The second kappa shape index (κ2) is 5.36. The van der Waals surface area contributed by atoms with Gasteiger partial charge in [-0.1, -0.05) is 36.4 Å². The lowest BCUT2D eigenvalue weighted by molar-refractivity contribution is 0.0948. The van der Waals surface area contributed by atoms with Crippen LogP contribution in [-0.2, 0) is 6.54 Å². The van der Waals surface area contributed by atoms with Gasteiger partial charge in [0.1, 0.15) is 5.75 Å². The molecule has 0 aromatic heterocycles. The van der Waals surface area contributed by atoms with Gasteiger partial charge in [-0.15, -0.1) is 0 Å². The van der Waals surface area contributed by atoms with E-state index in [0.29, 0.717) is 12.1 Å². The molecule has 0 aliphatic heterocycles. The fraction of sp³-hybridized carbons (Fsp3) is 0.133. The lowest BCUT2D eigenvalue weighted by atomic mass is 10.1. The molecule has 0 unspecified atom stereocenters. The Morgan fingerprint density at radius 2 is 1.78 bits per heavy atom. The quantitative estimate of drug-likeness (QED) is 0.867. The van der Waals surface area contributed by atoms with Gasteiger partial charge in [0, 0.05) is 6.54 Å². The van der Waals surface area contributed by atoms with Crippen LogP contribution >= 0.6 is 0 Å². The highest BCUT2D eigenvalue weighted by molar-refractivity contribution is 5.96. The number of aromatic hydroxyl groups is 1. The van der Waals surface area contributed by atoms with E-state index in [1.54, 1.807) is 18.2 Å². The molecule has 0 radical (unpaired) electrons. The van der Waals surface area contributed by atoms with Gasteiger partial charge in [0.05, 0.1) is 5.56 Å². The van der Waals surface area contributed by atoms with Crippen LogP contribution in [0, 0.1) is 6.92 Å². The van der Waals surface area contributed by atoms with Gasteiger partial charge in [0.2, 0.25) is 0 Å². The number of benzene rings is 2. The monoisotopic (exact) mass is 241 g/mol. The lowest BCUT2D eigenvalue weighted by Crippen LogP contribution is -2.23. The number of amides is 1. The minimum atomic E-state index is -0.267. The Labute approximate surface area is 106 Å². The van der Waals surface area contributed by atoms with Gasteiger partial charge in [-0.3, -0.25) is 4.79 Å². The number of aryl methyl sites for hydroxylation is 1. The maximum Gasteiger partial charge on any atom is 0.255 e. The summed E-state index contributed by atoms with van der Waals surface area (Å²) in [6.07, 6.45) is 0. The van der Waals surface area contributed by atoms with Gasteiger partial charge in [0.25, 0.3) is 5.91 Å². The first kappa shape index (κ1) is 12.2. The molecule has 0 atom stereocenters. The molecule has 0 aliphatic carbocycles. The Morgan fingerprint density at radius 1 is 1.11 bits per heavy atom. The molecular formula is C15H15NO2. The van der Waals surface area contributed by atoms with Crippen LogP contribution < -0.4 is 5.32 Å². The molecule has 0 bridgehead atoms. The van der Waals surface area contributed by atoms with Crippen LogP contribution in [-0.4, -0.2) is 11.0 Å². The predicted octanol–water partition coefficient (Wildman–Crippen LogP) is 2.63. The molecule has 92 valence electrons. The van der Waals surface area contributed by atoms with Crippen molar-refractivity contribution >= 4 is 5.91 Å². The number of carbonyl (C=O) groups is 1. The zero-order valence-electron chi connectivity index (χ0n) is 10.2. The minimum Gasteiger partial charge on any atom is -0.507 e. The fourth-order valence-corrected chi connectivity index (χ4v) is 1.74. The summed E-state index contributed by atoms with van der Waals surface area (Å²) in [5.41, 5.74) is 2.50. The lowest BCUT2D eigenvalue weighted by Gasteiger charge is -2.08. The first-order valence-corrected chi connectivity index (χ1v) is 5.79.